The van der Waals surface area contributed by atoms with Gasteiger partial charge in [-0.15, -0.1) is 0 Å². The second kappa shape index (κ2) is 3.58. The van der Waals surface area contributed by atoms with Crippen LogP contribution in [0.15, 0.2) is 18.2 Å². The minimum Gasteiger partial charge on any atom is -0.507 e. The first-order valence-electron chi connectivity index (χ1n) is 3.71. The Morgan fingerprint density at radius 3 is 2.43 bits per heavy atom. The fourth-order valence-corrected chi connectivity index (χ4v) is 1.02. The number of phenols is 1. The molecule has 0 spiro atoms. The zero-order valence-corrected chi connectivity index (χ0v) is 6.97. The molecule has 5 heteroatoms. The first-order valence-corrected chi connectivity index (χ1v) is 3.71. The molecule has 1 aromatic carbocycles. The zero-order valence-electron chi connectivity index (χ0n) is 6.97. The lowest BCUT2D eigenvalue weighted by Gasteiger charge is -2.08. The minimum absolute atomic E-state index is 0.0221. The lowest BCUT2D eigenvalue weighted by molar-refractivity contribution is -0.138. The molecule has 0 saturated carbocycles. The van der Waals surface area contributed by atoms with Crippen LogP contribution in [0.4, 0.5) is 13.2 Å². The molecule has 0 aliphatic heterocycles. The standard InChI is InChI=1S/C9H6F3NO/c10-9(11,12)7-2-1-6(3-4-13)5-8(7)14/h1-2,5,14H,3H2. The van der Waals surface area contributed by atoms with E-state index in [0.717, 1.165) is 12.1 Å². The molecule has 0 saturated heterocycles. The summed E-state index contributed by atoms with van der Waals surface area (Å²) in [6.45, 7) is 0. The molecule has 0 heterocycles. The summed E-state index contributed by atoms with van der Waals surface area (Å²) in [6.07, 6.45) is -4.58. The Bertz CT molecular complexity index is 379. The number of nitriles is 1. The predicted octanol–water partition coefficient (Wildman–Crippen LogP) is 2.48. The molecule has 0 aliphatic rings. The third kappa shape index (κ3) is 2.16. The van der Waals surface area contributed by atoms with Crippen molar-refractivity contribution >= 4 is 0 Å². The number of hydrogen-bond donors (Lipinski definition) is 1. The Labute approximate surface area is 78.2 Å². The Morgan fingerprint density at radius 2 is 2.00 bits per heavy atom. The van der Waals surface area contributed by atoms with Crippen molar-refractivity contribution in [2.75, 3.05) is 0 Å². The SMILES string of the molecule is N#CCc1ccc(C(F)(F)F)c(O)c1. The van der Waals surface area contributed by atoms with E-state index in [0.29, 0.717) is 5.56 Å². The van der Waals surface area contributed by atoms with Crippen molar-refractivity contribution < 1.29 is 18.3 Å². The van der Waals surface area contributed by atoms with Gasteiger partial charge in [-0.05, 0) is 17.7 Å². The maximum absolute atomic E-state index is 12.1. The van der Waals surface area contributed by atoms with Gasteiger partial charge in [0.15, 0.2) is 0 Å². The van der Waals surface area contributed by atoms with Crippen molar-refractivity contribution in [2.24, 2.45) is 0 Å². The molecule has 74 valence electrons. The van der Waals surface area contributed by atoms with E-state index in [2.05, 4.69) is 0 Å². The average Bonchev–Trinajstić information content (AvgIpc) is 2.02. The highest BCUT2D eigenvalue weighted by Crippen LogP contribution is 2.35. The molecule has 0 unspecified atom stereocenters. The molecule has 0 aliphatic carbocycles. The van der Waals surface area contributed by atoms with Crippen LogP contribution in [0.2, 0.25) is 0 Å². The largest absolute Gasteiger partial charge is 0.507 e. The molecule has 0 aromatic heterocycles. The number of aromatic hydroxyl groups is 1. The van der Waals surface area contributed by atoms with Gasteiger partial charge in [0.2, 0.25) is 0 Å². The third-order valence-electron chi connectivity index (χ3n) is 1.65. The molecule has 1 aromatic rings. The van der Waals surface area contributed by atoms with Crippen LogP contribution in [0.5, 0.6) is 5.75 Å². The van der Waals surface area contributed by atoms with Crippen LogP contribution in [0.3, 0.4) is 0 Å². The molecular weight excluding hydrogens is 195 g/mol. The lowest BCUT2D eigenvalue weighted by Crippen LogP contribution is -2.05. The number of benzene rings is 1. The summed E-state index contributed by atoms with van der Waals surface area (Å²) in [5.41, 5.74) is -0.725. The van der Waals surface area contributed by atoms with E-state index in [9.17, 15) is 13.2 Å². The number of nitrogens with zero attached hydrogens (tertiary/aromatic N) is 1. The van der Waals surface area contributed by atoms with Gasteiger partial charge < -0.3 is 5.11 Å². The number of halogens is 3. The Hall–Kier alpha value is -1.70. The van der Waals surface area contributed by atoms with Gasteiger partial charge in [-0.25, -0.2) is 0 Å². The van der Waals surface area contributed by atoms with Crippen LogP contribution in [-0.2, 0) is 12.6 Å². The number of hydrogen-bond acceptors (Lipinski definition) is 2. The molecule has 0 amide bonds. The average molecular weight is 201 g/mol. The summed E-state index contributed by atoms with van der Waals surface area (Å²) < 4.78 is 36.4. The molecular formula is C9H6F3NO. The van der Waals surface area contributed by atoms with Gasteiger partial charge in [0.25, 0.3) is 0 Å². The quantitative estimate of drug-likeness (QED) is 0.758. The molecule has 14 heavy (non-hydrogen) atoms. The van der Waals surface area contributed by atoms with Gasteiger partial charge >= 0.3 is 6.18 Å². The molecule has 1 rings (SSSR count). The van der Waals surface area contributed by atoms with E-state index in [1.165, 1.54) is 6.07 Å². The molecule has 1 N–H and O–H groups in total. The van der Waals surface area contributed by atoms with Crippen LogP contribution >= 0.6 is 0 Å². The topological polar surface area (TPSA) is 44.0 Å². The fraction of sp³-hybridized carbons (Fsp3) is 0.222. The number of rotatable bonds is 1. The van der Waals surface area contributed by atoms with Crippen LogP contribution in [0.1, 0.15) is 11.1 Å². The van der Waals surface area contributed by atoms with E-state index in [1.54, 1.807) is 6.07 Å². The van der Waals surface area contributed by atoms with Crippen LogP contribution in [0, 0.1) is 11.3 Å². The first kappa shape index (κ1) is 10.4. The van der Waals surface area contributed by atoms with Crippen molar-refractivity contribution in [2.45, 2.75) is 12.6 Å². The Kier molecular flexibility index (Phi) is 2.65. The summed E-state index contributed by atoms with van der Waals surface area (Å²) in [4.78, 5) is 0. The van der Waals surface area contributed by atoms with Crippen molar-refractivity contribution in [3.8, 4) is 11.8 Å². The first-order chi connectivity index (χ1) is 6.45. The number of alkyl halides is 3. The second-order valence-corrected chi connectivity index (χ2v) is 2.68. The van der Waals surface area contributed by atoms with Crippen LogP contribution < -0.4 is 0 Å². The third-order valence-corrected chi connectivity index (χ3v) is 1.65. The summed E-state index contributed by atoms with van der Waals surface area (Å²) >= 11 is 0. The normalized spacial score (nSPS) is 11.0. The van der Waals surface area contributed by atoms with Crippen molar-refractivity contribution in [3.63, 3.8) is 0 Å². The van der Waals surface area contributed by atoms with Crippen LogP contribution in [-0.4, -0.2) is 5.11 Å². The summed E-state index contributed by atoms with van der Waals surface area (Å²) in [5.74, 6) is -0.842. The fourth-order valence-electron chi connectivity index (χ4n) is 1.02. The number of phenolic OH excluding ortho intramolecular Hbond substituents is 1. The van der Waals surface area contributed by atoms with E-state index in [-0.39, 0.29) is 6.42 Å². The van der Waals surface area contributed by atoms with Gasteiger partial charge in [-0.1, -0.05) is 6.07 Å². The maximum atomic E-state index is 12.1. The lowest BCUT2D eigenvalue weighted by atomic mass is 10.1. The smallest absolute Gasteiger partial charge is 0.419 e. The monoisotopic (exact) mass is 201 g/mol. The minimum atomic E-state index is -4.56. The summed E-state index contributed by atoms with van der Waals surface area (Å²) in [7, 11) is 0. The summed E-state index contributed by atoms with van der Waals surface area (Å²) in [5, 5.41) is 17.3. The van der Waals surface area contributed by atoms with Gasteiger partial charge in [0, 0.05) is 0 Å². The highest BCUT2D eigenvalue weighted by Gasteiger charge is 2.33. The molecule has 0 bridgehead atoms. The van der Waals surface area contributed by atoms with Gasteiger partial charge in [0.1, 0.15) is 5.75 Å². The molecule has 2 nitrogen and oxygen atoms in total. The summed E-state index contributed by atoms with van der Waals surface area (Å²) in [6, 6.07) is 4.67. The zero-order chi connectivity index (χ0) is 10.8. The van der Waals surface area contributed by atoms with Crippen LogP contribution in [0.25, 0.3) is 0 Å². The van der Waals surface area contributed by atoms with Crippen molar-refractivity contribution in [1.82, 2.24) is 0 Å². The van der Waals surface area contributed by atoms with E-state index in [1.807, 2.05) is 0 Å². The second-order valence-electron chi connectivity index (χ2n) is 2.68. The Balaban J connectivity index is 3.09. The highest BCUT2D eigenvalue weighted by atomic mass is 19.4. The van der Waals surface area contributed by atoms with Crippen molar-refractivity contribution in [3.05, 3.63) is 29.3 Å². The molecule has 0 fully saturated rings. The van der Waals surface area contributed by atoms with E-state index >= 15 is 0 Å². The molecule has 0 radical (unpaired) electrons. The molecule has 0 atom stereocenters. The van der Waals surface area contributed by atoms with E-state index in [4.69, 9.17) is 10.4 Å². The van der Waals surface area contributed by atoms with Gasteiger partial charge in [0.05, 0.1) is 18.1 Å². The predicted molar refractivity (Wildman–Crippen MR) is 42.4 cm³/mol. The maximum Gasteiger partial charge on any atom is 0.419 e. The highest BCUT2D eigenvalue weighted by molar-refractivity contribution is 5.39. The van der Waals surface area contributed by atoms with Gasteiger partial charge in [-0.3, -0.25) is 0 Å². The van der Waals surface area contributed by atoms with Gasteiger partial charge in [-0.2, -0.15) is 18.4 Å². The van der Waals surface area contributed by atoms with Crippen molar-refractivity contribution in [1.29, 1.82) is 5.26 Å². The van der Waals surface area contributed by atoms with E-state index < -0.39 is 17.5 Å². The Morgan fingerprint density at radius 1 is 1.36 bits per heavy atom.